The fraction of sp³-hybridized carbons (Fsp3) is 0.222. The summed E-state index contributed by atoms with van der Waals surface area (Å²) in [6.45, 7) is 0. The number of methoxy groups -OCH3 is 4. The van der Waals surface area contributed by atoms with Crippen LogP contribution in [0.3, 0.4) is 0 Å². The van der Waals surface area contributed by atoms with E-state index in [0.29, 0.717) is 17.2 Å². The van der Waals surface area contributed by atoms with E-state index in [2.05, 4.69) is 26.2 Å². The second kappa shape index (κ2) is 7.65. The summed E-state index contributed by atoms with van der Waals surface area (Å²) in [6.07, 6.45) is 1.68. The lowest BCUT2D eigenvalue weighted by atomic mass is 10.1. The molecule has 3 aromatic rings. The highest BCUT2D eigenvalue weighted by molar-refractivity contribution is 9.10. The van der Waals surface area contributed by atoms with E-state index in [1.807, 2.05) is 30.3 Å². The van der Waals surface area contributed by atoms with Crippen molar-refractivity contribution in [2.45, 2.75) is 0 Å². The van der Waals surface area contributed by atoms with Crippen molar-refractivity contribution in [3.63, 3.8) is 0 Å². The Labute approximate surface area is 159 Å². The lowest BCUT2D eigenvalue weighted by molar-refractivity contribution is 0.324. The molecule has 0 aliphatic carbocycles. The standard InChI is InChI=1S/C18H18BrN3O4/c1-23-15-6-5-12(9-13(15)19)22-14(10-20-21-22)11-7-16(24-2)18(26-4)17(8-11)25-3/h5-10H,1-4H3. The summed E-state index contributed by atoms with van der Waals surface area (Å²) in [5.41, 5.74) is 2.44. The second-order valence-electron chi connectivity index (χ2n) is 5.26. The van der Waals surface area contributed by atoms with Crippen molar-refractivity contribution in [3.8, 4) is 39.9 Å². The van der Waals surface area contributed by atoms with Crippen molar-refractivity contribution in [2.24, 2.45) is 0 Å². The molecule has 26 heavy (non-hydrogen) atoms. The first-order valence-corrected chi connectivity index (χ1v) is 8.47. The molecule has 0 fully saturated rings. The molecular formula is C18H18BrN3O4. The van der Waals surface area contributed by atoms with E-state index in [0.717, 1.165) is 27.2 Å². The summed E-state index contributed by atoms with van der Waals surface area (Å²) in [4.78, 5) is 0. The molecule has 0 bridgehead atoms. The predicted octanol–water partition coefficient (Wildman–Crippen LogP) is 3.73. The molecule has 0 unspecified atom stereocenters. The van der Waals surface area contributed by atoms with Gasteiger partial charge in [0.25, 0.3) is 0 Å². The minimum Gasteiger partial charge on any atom is -0.496 e. The van der Waals surface area contributed by atoms with E-state index in [4.69, 9.17) is 18.9 Å². The van der Waals surface area contributed by atoms with Crippen molar-refractivity contribution in [1.82, 2.24) is 15.0 Å². The van der Waals surface area contributed by atoms with Gasteiger partial charge in [0.15, 0.2) is 11.5 Å². The average Bonchev–Trinajstić information content (AvgIpc) is 3.16. The van der Waals surface area contributed by atoms with Gasteiger partial charge in [-0.25, -0.2) is 4.68 Å². The third kappa shape index (κ3) is 3.20. The Balaban J connectivity index is 2.13. The molecule has 2 aromatic carbocycles. The second-order valence-corrected chi connectivity index (χ2v) is 6.12. The van der Waals surface area contributed by atoms with Gasteiger partial charge >= 0.3 is 0 Å². The maximum atomic E-state index is 5.43. The molecule has 0 N–H and O–H groups in total. The minimum atomic E-state index is 0.532. The predicted molar refractivity (Wildman–Crippen MR) is 101 cm³/mol. The van der Waals surface area contributed by atoms with Crippen LogP contribution in [0.1, 0.15) is 0 Å². The van der Waals surface area contributed by atoms with Crippen LogP contribution in [-0.4, -0.2) is 43.4 Å². The van der Waals surface area contributed by atoms with E-state index in [-0.39, 0.29) is 0 Å². The molecule has 0 atom stereocenters. The van der Waals surface area contributed by atoms with Gasteiger partial charge in [-0.1, -0.05) is 5.21 Å². The van der Waals surface area contributed by atoms with Gasteiger partial charge in [-0.05, 0) is 46.3 Å². The number of hydrogen-bond donors (Lipinski definition) is 0. The Hall–Kier alpha value is -2.74. The van der Waals surface area contributed by atoms with Gasteiger partial charge in [-0.2, -0.15) is 0 Å². The fourth-order valence-corrected chi connectivity index (χ4v) is 3.17. The highest BCUT2D eigenvalue weighted by Gasteiger charge is 2.17. The van der Waals surface area contributed by atoms with E-state index < -0.39 is 0 Å². The molecule has 0 spiro atoms. The van der Waals surface area contributed by atoms with Crippen LogP contribution < -0.4 is 18.9 Å². The number of hydrogen-bond acceptors (Lipinski definition) is 6. The molecule has 136 valence electrons. The summed E-state index contributed by atoms with van der Waals surface area (Å²) in [7, 11) is 6.35. The van der Waals surface area contributed by atoms with Crippen LogP contribution in [0.2, 0.25) is 0 Å². The van der Waals surface area contributed by atoms with Crippen LogP contribution in [0.4, 0.5) is 0 Å². The molecule has 3 rings (SSSR count). The van der Waals surface area contributed by atoms with E-state index in [1.54, 1.807) is 39.3 Å². The molecule has 0 saturated heterocycles. The number of halogens is 1. The van der Waals surface area contributed by atoms with Crippen molar-refractivity contribution >= 4 is 15.9 Å². The van der Waals surface area contributed by atoms with Gasteiger partial charge in [-0.15, -0.1) is 5.10 Å². The van der Waals surface area contributed by atoms with Crippen molar-refractivity contribution < 1.29 is 18.9 Å². The molecule has 0 amide bonds. The van der Waals surface area contributed by atoms with E-state index in [9.17, 15) is 0 Å². The molecule has 1 aromatic heterocycles. The SMILES string of the molecule is COc1ccc(-n2nncc2-c2cc(OC)c(OC)c(OC)c2)cc1Br. The average molecular weight is 420 g/mol. The first-order valence-electron chi connectivity index (χ1n) is 7.68. The summed E-state index contributed by atoms with van der Waals surface area (Å²) < 4.78 is 24.1. The maximum absolute atomic E-state index is 5.43. The summed E-state index contributed by atoms with van der Waals surface area (Å²) in [6, 6.07) is 9.39. The molecule has 7 nitrogen and oxygen atoms in total. The van der Waals surface area contributed by atoms with Gasteiger partial charge < -0.3 is 18.9 Å². The first kappa shape index (κ1) is 18.1. The van der Waals surface area contributed by atoms with Crippen molar-refractivity contribution in [2.75, 3.05) is 28.4 Å². The van der Waals surface area contributed by atoms with Crippen LogP contribution in [0.15, 0.2) is 41.0 Å². The van der Waals surface area contributed by atoms with Crippen LogP contribution in [0.5, 0.6) is 23.0 Å². The number of rotatable bonds is 6. The van der Waals surface area contributed by atoms with Crippen molar-refractivity contribution in [1.29, 1.82) is 0 Å². The zero-order valence-corrected chi connectivity index (χ0v) is 16.4. The zero-order chi connectivity index (χ0) is 18.7. The number of aromatic nitrogens is 3. The zero-order valence-electron chi connectivity index (χ0n) is 14.8. The van der Waals surface area contributed by atoms with Gasteiger partial charge in [0.2, 0.25) is 5.75 Å². The summed E-state index contributed by atoms with van der Waals surface area (Å²) >= 11 is 3.50. The third-order valence-corrected chi connectivity index (χ3v) is 4.51. The normalized spacial score (nSPS) is 10.5. The largest absolute Gasteiger partial charge is 0.496 e. The molecule has 1 heterocycles. The van der Waals surface area contributed by atoms with Crippen LogP contribution >= 0.6 is 15.9 Å². The highest BCUT2D eigenvalue weighted by Crippen LogP contribution is 2.41. The molecule has 0 aliphatic heterocycles. The van der Waals surface area contributed by atoms with Crippen LogP contribution in [0, 0.1) is 0 Å². The van der Waals surface area contributed by atoms with Gasteiger partial charge in [0, 0.05) is 5.56 Å². The Morgan fingerprint density at radius 2 is 1.50 bits per heavy atom. The topological polar surface area (TPSA) is 67.6 Å². The molecular weight excluding hydrogens is 402 g/mol. The molecule has 0 saturated carbocycles. The Morgan fingerprint density at radius 3 is 2.04 bits per heavy atom. The molecule has 0 aliphatic rings. The van der Waals surface area contributed by atoms with Crippen LogP contribution in [-0.2, 0) is 0 Å². The smallest absolute Gasteiger partial charge is 0.203 e. The van der Waals surface area contributed by atoms with Gasteiger partial charge in [0.1, 0.15) is 5.75 Å². The van der Waals surface area contributed by atoms with E-state index >= 15 is 0 Å². The Bertz CT molecular complexity index is 902. The third-order valence-electron chi connectivity index (χ3n) is 3.89. The van der Waals surface area contributed by atoms with E-state index in [1.165, 1.54) is 0 Å². The minimum absolute atomic E-state index is 0.532. The lowest BCUT2D eigenvalue weighted by Crippen LogP contribution is -2.01. The Morgan fingerprint density at radius 1 is 0.846 bits per heavy atom. The van der Waals surface area contributed by atoms with Crippen molar-refractivity contribution in [3.05, 3.63) is 41.0 Å². The highest BCUT2D eigenvalue weighted by atomic mass is 79.9. The summed E-state index contributed by atoms with van der Waals surface area (Å²) in [5, 5.41) is 8.26. The van der Waals surface area contributed by atoms with Crippen LogP contribution in [0.25, 0.3) is 16.9 Å². The lowest BCUT2D eigenvalue weighted by Gasteiger charge is -2.15. The first-order chi connectivity index (χ1) is 12.6. The van der Waals surface area contributed by atoms with Gasteiger partial charge in [-0.3, -0.25) is 0 Å². The number of nitrogens with zero attached hydrogens (tertiary/aromatic N) is 3. The molecule has 8 heteroatoms. The number of ether oxygens (including phenoxy) is 4. The summed E-state index contributed by atoms with van der Waals surface area (Å²) in [5.74, 6) is 2.39. The molecule has 0 radical (unpaired) electrons. The Kier molecular flexibility index (Phi) is 5.32. The maximum Gasteiger partial charge on any atom is 0.203 e. The quantitative estimate of drug-likeness (QED) is 0.606. The monoisotopic (exact) mass is 419 g/mol. The fourth-order valence-electron chi connectivity index (χ4n) is 2.64. The number of benzene rings is 2. The van der Waals surface area contributed by atoms with Gasteiger partial charge in [0.05, 0.1) is 50.5 Å².